The lowest BCUT2D eigenvalue weighted by molar-refractivity contribution is -0.174. The minimum absolute atomic E-state index is 0.124. The molecule has 0 aliphatic carbocycles. The van der Waals surface area contributed by atoms with Crippen molar-refractivity contribution < 1.29 is 22.7 Å². The summed E-state index contributed by atoms with van der Waals surface area (Å²) in [7, 11) is 0. The molecule has 130 valence electrons. The summed E-state index contributed by atoms with van der Waals surface area (Å²) in [4.78, 5) is 29.0. The van der Waals surface area contributed by atoms with Crippen LogP contribution in [0.3, 0.4) is 0 Å². The molecule has 0 spiro atoms. The molecule has 1 aromatic heterocycles. The molecular formula is C14H14F3N3O3S. The van der Waals surface area contributed by atoms with E-state index < -0.39 is 24.7 Å². The van der Waals surface area contributed by atoms with Crippen LogP contribution in [0.5, 0.6) is 0 Å². The monoisotopic (exact) mass is 361 g/mol. The topological polar surface area (TPSA) is 87.0 Å². The molecule has 24 heavy (non-hydrogen) atoms. The molecule has 6 nitrogen and oxygen atoms in total. The van der Waals surface area contributed by atoms with Gasteiger partial charge in [0, 0.05) is 11.6 Å². The molecule has 0 fully saturated rings. The van der Waals surface area contributed by atoms with Crippen molar-refractivity contribution >= 4 is 29.0 Å². The van der Waals surface area contributed by atoms with Crippen LogP contribution in [0.4, 0.5) is 13.2 Å². The summed E-state index contributed by atoms with van der Waals surface area (Å²) in [5.41, 5.74) is 0.244. The van der Waals surface area contributed by atoms with Crippen molar-refractivity contribution in [1.29, 1.82) is 0 Å². The minimum atomic E-state index is -4.41. The molecular weight excluding hydrogens is 347 g/mol. The van der Waals surface area contributed by atoms with E-state index in [0.29, 0.717) is 10.9 Å². The van der Waals surface area contributed by atoms with Gasteiger partial charge in [0.25, 0.3) is 11.5 Å². The predicted molar refractivity (Wildman–Crippen MR) is 83.6 cm³/mol. The molecule has 0 unspecified atom stereocenters. The number of hydrogen-bond donors (Lipinski definition) is 3. The van der Waals surface area contributed by atoms with Gasteiger partial charge >= 0.3 is 6.18 Å². The first-order valence-corrected chi connectivity index (χ1v) is 7.28. The minimum Gasteiger partial charge on any atom is -0.370 e. The number of benzene rings is 1. The summed E-state index contributed by atoms with van der Waals surface area (Å²) < 4.78 is 40.6. The van der Waals surface area contributed by atoms with Crippen LogP contribution >= 0.6 is 12.2 Å². The number of aromatic nitrogens is 2. The predicted octanol–water partition coefficient (Wildman–Crippen LogP) is 2.28. The number of alkyl halides is 3. The summed E-state index contributed by atoms with van der Waals surface area (Å²) >= 11 is 4.86. The Kier molecular flexibility index (Phi) is 5.40. The summed E-state index contributed by atoms with van der Waals surface area (Å²) in [5.74, 6) is -0.500. The number of fused-ring (bicyclic) bond motifs is 1. The third-order valence-corrected chi connectivity index (χ3v) is 3.22. The first-order chi connectivity index (χ1) is 11.2. The zero-order chi connectivity index (χ0) is 17.9. The van der Waals surface area contributed by atoms with Crippen LogP contribution in [0.15, 0.2) is 23.0 Å². The van der Waals surface area contributed by atoms with E-state index in [0.717, 1.165) is 0 Å². The van der Waals surface area contributed by atoms with Gasteiger partial charge in [-0.05, 0) is 37.3 Å². The molecule has 1 aromatic carbocycles. The number of ether oxygens (including phenoxy) is 1. The molecule has 3 N–H and O–H groups in total. The van der Waals surface area contributed by atoms with Gasteiger partial charge in [-0.3, -0.25) is 14.6 Å². The number of halogens is 3. The van der Waals surface area contributed by atoms with Crippen molar-refractivity contribution in [2.45, 2.75) is 19.1 Å². The fourth-order valence-electron chi connectivity index (χ4n) is 2.01. The van der Waals surface area contributed by atoms with Crippen LogP contribution in [-0.2, 0) is 4.74 Å². The second kappa shape index (κ2) is 7.14. The zero-order valence-corrected chi connectivity index (χ0v) is 13.3. The largest absolute Gasteiger partial charge is 0.411 e. The number of H-pyrrole nitrogens is 2. The van der Waals surface area contributed by atoms with Crippen molar-refractivity contribution in [2.24, 2.45) is 0 Å². The van der Waals surface area contributed by atoms with E-state index in [1.165, 1.54) is 25.1 Å². The fraction of sp³-hybridized carbons (Fsp3) is 0.357. The SMILES string of the molecule is C[C@H](COCC(F)(F)F)NC(=O)c1ccc2c(=O)[nH]c(=S)[nH]c2c1. The van der Waals surface area contributed by atoms with Gasteiger partial charge in [-0.1, -0.05) is 0 Å². The molecule has 1 atom stereocenters. The molecule has 0 aliphatic heterocycles. The Hall–Kier alpha value is -2.20. The summed E-state index contributed by atoms with van der Waals surface area (Å²) in [6, 6.07) is 3.72. The van der Waals surface area contributed by atoms with E-state index >= 15 is 0 Å². The number of nitrogens with one attached hydrogen (secondary N) is 3. The van der Waals surface area contributed by atoms with Crippen molar-refractivity contribution in [2.75, 3.05) is 13.2 Å². The lowest BCUT2D eigenvalue weighted by Crippen LogP contribution is -2.36. The van der Waals surface area contributed by atoms with Gasteiger partial charge in [0.15, 0.2) is 4.77 Å². The van der Waals surface area contributed by atoms with Gasteiger partial charge in [-0.2, -0.15) is 13.2 Å². The van der Waals surface area contributed by atoms with Gasteiger partial charge in [0.2, 0.25) is 0 Å². The van der Waals surface area contributed by atoms with Crippen LogP contribution in [0.1, 0.15) is 17.3 Å². The normalized spacial score (nSPS) is 13.0. The second-order valence-corrected chi connectivity index (χ2v) is 5.58. The van der Waals surface area contributed by atoms with E-state index in [2.05, 4.69) is 20.0 Å². The number of carbonyl (C=O) groups is 1. The Morgan fingerprint density at radius 2 is 2.08 bits per heavy atom. The quantitative estimate of drug-likeness (QED) is 0.713. The third kappa shape index (κ3) is 4.90. The highest BCUT2D eigenvalue weighted by molar-refractivity contribution is 7.71. The maximum absolute atomic E-state index is 12.1. The smallest absolute Gasteiger partial charge is 0.370 e. The number of carbonyl (C=O) groups excluding carboxylic acids is 1. The molecule has 1 amide bonds. The van der Waals surface area contributed by atoms with E-state index in [4.69, 9.17) is 12.2 Å². The Bertz CT molecular complexity index is 860. The van der Waals surface area contributed by atoms with Crippen molar-refractivity contribution in [1.82, 2.24) is 15.3 Å². The van der Waals surface area contributed by atoms with Crippen molar-refractivity contribution in [3.8, 4) is 0 Å². The molecule has 0 bridgehead atoms. The number of amides is 1. The van der Waals surface area contributed by atoms with Gasteiger partial charge in [0.05, 0.1) is 17.5 Å². The number of hydrogen-bond acceptors (Lipinski definition) is 4. The van der Waals surface area contributed by atoms with Crippen molar-refractivity contribution in [3.05, 3.63) is 38.9 Å². The molecule has 1 heterocycles. The first-order valence-electron chi connectivity index (χ1n) is 6.87. The van der Waals surface area contributed by atoms with E-state index in [1.54, 1.807) is 0 Å². The molecule has 2 rings (SSSR count). The van der Waals surface area contributed by atoms with Gasteiger partial charge < -0.3 is 15.0 Å². The fourth-order valence-corrected chi connectivity index (χ4v) is 2.21. The Morgan fingerprint density at radius 1 is 1.38 bits per heavy atom. The van der Waals surface area contributed by atoms with E-state index in [-0.39, 0.29) is 22.5 Å². The second-order valence-electron chi connectivity index (χ2n) is 5.17. The Labute approximate surface area is 139 Å². The molecule has 10 heteroatoms. The highest BCUT2D eigenvalue weighted by atomic mass is 32.1. The zero-order valence-electron chi connectivity index (χ0n) is 12.5. The lowest BCUT2D eigenvalue weighted by Gasteiger charge is -2.15. The van der Waals surface area contributed by atoms with Crippen LogP contribution in [0, 0.1) is 4.77 Å². The van der Waals surface area contributed by atoms with Gasteiger partial charge in [-0.25, -0.2) is 0 Å². The molecule has 0 saturated heterocycles. The van der Waals surface area contributed by atoms with E-state index in [1.807, 2.05) is 0 Å². The highest BCUT2D eigenvalue weighted by Gasteiger charge is 2.27. The highest BCUT2D eigenvalue weighted by Crippen LogP contribution is 2.14. The maximum Gasteiger partial charge on any atom is 0.411 e. The molecule has 0 aliphatic rings. The van der Waals surface area contributed by atoms with E-state index in [9.17, 15) is 22.8 Å². The summed E-state index contributed by atoms with van der Waals surface area (Å²) in [5, 5.41) is 2.85. The Balaban J connectivity index is 2.06. The summed E-state index contributed by atoms with van der Waals surface area (Å²) in [6.07, 6.45) is -4.41. The van der Waals surface area contributed by atoms with Crippen LogP contribution < -0.4 is 10.9 Å². The average Bonchev–Trinajstić information content (AvgIpc) is 2.44. The van der Waals surface area contributed by atoms with Crippen LogP contribution in [0.2, 0.25) is 0 Å². The number of rotatable bonds is 5. The first kappa shape index (κ1) is 18.1. The lowest BCUT2D eigenvalue weighted by atomic mass is 10.1. The van der Waals surface area contributed by atoms with Gasteiger partial charge in [-0.15, -0.1) is 0 Å². The Morgan fingerprint density at radius 3 is 2.75 bits per heavy atom. The number of aromatic amines is 2. The maximum atomic E-state index is 12.1. The average molecular weight is 361 g/mol. The molecule has 0 saturated carbocycles. The summed E-state index contributed by atoms with van der Waals surface area (Å²) in [6.45, 7) is -0.128. The molecule has 2 aromatic rings. The standard InChI is InChI=1S/C14H14F3N3O3S/c1-7(5-23-6-14(15,16)17)18-11(21)8-2-3-9-10(4-8)19-13(24)20-12(9)22/h2-4,7H,5-6H2,1H3,(H,18,21)(H2,19,20,22,24)/t7-/m1/s1. The molecule has 0 radical (unpaired) electrons. The van der Waals surface area contributed by atoms with Crippen molar-refractivity contribution in [3.63, 3.8) is 0 Å². The van der Waals surface area contributed by atoms with Gasteiger partial charge in [0.1, 0.15) is 6.61 Å². The third-order valence-electron chi connectivity index (χ3n) is 3.01. The van der Waals surface area contributed by atoms with Crippen LogP contribution in [-0.4, -0.2) is 41.3 Å². The van der Waals surface area contributed by atoms with Crippen LogP contribution in [0.25, 0.3) is 10.9 Å².